The van der Waals surface area contributed by atoms with Crippen molar-refractivity contribution < 1.29 is 9.18 Å². The number of hydrogen-bond acceptors (Lipinski definition) is 2. The van der Waals surface area contributed by atoms with Gasteiger partial charge in [0.05, 0.1) is 0 Å². The molecule has 0 spiro atoms. The summed E-state index contributed by atoms with van der Waals surface area (Å²) in [5, 5.41) is 6.15. The van der Waals surface area contributed by atoms with Crippen LogP contribution in [0.15, 0.2) is 48.5 Å². The van der Waals surface area contributed by atoms with E-state index >= 15 is 0 Å². The van der Waals surface area contributed by atoms with Crippen molar-refractivity contribution in [1.29, 1.82) is 0 Å². The molecule has 0 aliphatic rings. The van der Waals surface area contributed by atoms with Crippen molar-refractivity contribution >= 4 is 11.6 Å². The molecule has 0 fully saturated rings. The first-order valence-corrected chi connectivity index (χ1v) is 7.51. The molecule has 4 heteroatoms. The molecule has 0 atom stereocenters. The van der Waals surface area contributed by atoms with E-state index in [4.69, 9.17) is 0 Å². The van der Waals surface area contributed by atoms with E-state index in [0.717, 1.165) is 29.9 Å². The first-order chi connectivity index (χ1) is 10.7. The highest BCUT2D eigenvalue weighted by Gasteiger charge is 2.04. The van der Waals surface area contributed by atoms with Crippen LogP contribution < -0.4 is 10.6 Å². The van der Waals surface area contributed by atoms with Gasteiger partial charge in [-0.25, -0.2) is 4.39 Å². The Labute approximate surface area is 130 Å². The molecule has 2 N–H and O–H groups in total. The fourth-order valence-electron chi connectivity index (χ4n) is 2.16. The number of amides is 1. The fraction of sp³-hybridized carbons (Fsp3) is 0.278. The summed E-state index contributed by atoms with van der Waals surface area (Å²) in [6, 6.07) is 14.1. The maximum Gasteiger partial charge on any atom is 0.224 e. The van der Waals surface area contributed by atoms with Crippen LogP contribution >= 0.6 is 0 Å². The lowest BCUT2D eigenvalue weighted by Crippen LogP contribution is -2.14. The third kappa shape index (κ3) is 5.30. The summed E-state index contributed by atoms with van der Waals surface area (Å²) in [7, 11) is 0. The Hall–Kier alpha value is -2.20. The minimum atomic E-state index is -0.259. The highest BCUT2D eigenvalue weighted by Crippen LogP contribution is 2.12. The molecule has 2 rings (SSSR count). The van der Waals surface area contributed by atoms with Gasteiger partial charge in [0.2, 0.25) is 5.91 Å². The van der Waals surface area contributed by atoms with Gasteiger partial charge in [0.25, 0.3) is 0 Å². The van der Waals surface area contributed by atoms with Crippen molar-refractivity contribution in [2.24, 2.45) is 0 Å². The van der Waals surface area contributed by atoms with E-state index in [-0.39, 0.29) is 11.7 Å². The van der Waals surface area contributed by atoms with Crippen LogP contribution in [0.5, 0.6) is 0 Å². The van der Waals surface area contributed by atoms with Gasteiger partial charge in [0, 0.05) is 18.7 Å². The minimum absolute atomic E-state index is 0.0371. The molecule has 0 saturated heterocycles. The van der Waals surface area contributed by atoms with Crippen molar-refractivity contribution in [2.45, 2.75) is 26.3 Å². The lowest BCUT2D eigenvalue weighted by Gasteiger charge is -2.08. The largest absolute Gasteiger partial charge is 0.326 e. The molecule has 0 aliphatic heterocycles. The molecular weight excluding hydrogens is 279 g/mol. The van der Waals surface area contributed by atoms with E-state index < -0.39 is 0 Å². The first kappa shape index (κ1) is 16.2. The van der Waals surface area contributed by atoms with E-state index in [0.29, 0.717) is 12.8 Å². The third-order valence-electron chi connectivity index (χ3n) is 3.34. The van der Waals surface area contributed by atoms with Crippen LogP contribution in [0.3, 0.4) is 0 Å². The number of halogens is 1. The van der Waals surface area contributed by atoms with Gasteiger partial charge in [-0.05, 0) is 48.4 Å². The fourth-order valence-corrected chi connectivity index (χ4v) is 2.16. The Morgan fingerprint density at radius 2 is 1.86 bits per heavy atom. The van der Waals surface area contributed by atoms with Crippen LogP contribution in [-0.4, -0.2) is 12.5 Å². The Balaban J connectivity index is 1.85. The first-order valence-electron chi connectivity index (χ1n) is 7.51. The normalized spacial score (nSPS) is 10.5. The van der Waals surface area contributed by atoms with E-state index in [1.807, 2.05) is 24.3 Å². The Kier molecular flexibility index (Phi) is 6.10. The molecule has 2 aromatic carbocycles. The van der Waals surface area contributed by atoms with Crippen LogP contribution in [0.1, 0.15) is 24.5 Å². The monoisotopic (exact) mass is 300 g/mol. The molecule has 0 unspecified atom stereocenters. The number of hydrogen-bond donors (Lipinski definition) is 2. The average Bonchev–Trinajstić information content (AvgIpc) is 2.53. The van der Waals surface area contributed by atoms with Gasteiger partial charge in [-0.2, -0.15) is 0 Å². The molecule has 0 saturated carbocycles. The molecule has 3 nitrogen and oxygen atoms in total. The quantitative estimate of drug-likeness (QED) is 0.821. The van der Waals surface area contributed by atoms with Crippen LogP contribution in [-0.2, 0) is 17.8 Å². The number of aryl methyl sites for hydroxylation is 1. The molecule has 1 amide bonds. The molecule has 0 heterocycles. The summed E-state index contributed by atoms with van der Waals surface area (Å²) < 4.78 is 12.8. The van der Waals surface area contributed by atoms with Crippen molar-refractivity contribution in [3.8, 4) is 0 Å². The zero-order valence-electron chi connectivity index (χ0n) is 12.7. The zero-order valence-corrected chi connectivity index (χ0v) is 12.7. The molecule has 22 heavy (non-hydrogen) atoms. The van der Waals surface area contributed by atoms with Gasteiger partial charge in [-0.1, -0.05) is 31.2 Å². The van der Waals surface area contributed by atoms with Crippen LogP contribution in [0.25, 0.3) is 0 Å². The molecular formula is C18H21FN2O. The second-order valence-corrected chi connectivity index (χ2v) is 5.16. The van der Waals surface area contributed by atoms with Gasteiger partial charge in [0.15, 0.2) is 0 Å². The number of rotatable bonds is 7. The van der Waals surface area contributed by atoms with E-state index in [9.17, 15) is 9.18 Å². The Morgan fingerprint density at radius 3 is 2.59 bits per heavy atom. The van der Waals surface area contributed by atoms with E-state index in [1.54, 1.807) is 12.1 Å². The second-order valence-electron chi connectivity index (χ2n) is 5.16. The molecule has 0 aromatic heterocycles. The van der Waals surface area contributed by atoms with Crippen molar-refractivity contribution in [3.63, 3.8) is 0 Å². The van der Waals surface area contributed by atoms with E-state index in [2.05, 4.69) is 17.6 Å². The van der Waals surface area contributed by atoms with Crippen molar-refractivity contribution in [2.75, 3.05) is 11.9 Å². The summed E-state index contributed by atoms with van der Waals surface area (Å²) in [5.74, 6) is -0.296. The molecule has 2 aromatic rings. The molecule has 116 valence electrons. The smallest absolute Gasteiger partial charge is 0.224 e. The predicted octanol–water partition coefficient (Wildman–Crippen LogP) is 3.51. The lowest BCUT2D eigenvalue weighted by molar-refractivity contribution is -0.116. The lowest BCUT2D eigenvalue weighted by atomic mass is 10.1. The SMILES string of the molecule is CCNCc1cccc(NC(=O)CCc2ccc(F)cc2)c1. The Morgan fingerprint density at radius 1 is 1.09 bits per heavy atom. The van der Waals surface area contributed by atoms with Gasteiger partial charge in [-0.15, -0.1) is 0 Å². The summed E-state index contributed by atoms with van der Waals surface area (Å²) in [6.45, 7) is 3.76. The van der Waals surface area contributed by atoms with Crippen LogP contribution in [0, 0.1) is 5.82 Å². The number of carbonyl (C=O) groups is 1. The standard InChI is InChI=1S/C18H21FN2O/c1-2-20-13-15-4-3-5-17(12-15)21-18(22)11-8-14-6-9-16(19)10-7-14/h3-7,9-10,12,20H,2,8,11,13H2,1H3,(H,21,22). The number of carbonyl (C=O) groups excluding carboxylic acids is 1. The maximum absolute atomic E-state index is 12.8. The Bertz CT molecular complexity index is 611. The summed E-state index contributed by atoms with van der Waals surface area (Å²) >= 11 is 0. The minimum Gasteiger partial charge on any atom is -0.326 e. The summed E-state index contributed by atoms with van der Waals surface area (Å²) in [6.07, 6.45) is 0.978. The summed E-state index contributed by atoms with van der Waals surface area (Å²) in [4.78, 5) is 12.0. The highest BCUT2D eigenvalue weighted by molar-refractivity contribution is 5.90. The van der Waals surface area contributed by atoms with Gasteiger partial charge < -0.3 is 10.6 Å². The van der Waals surface area contributed by atoms with Crippen LogP contribution in [0.2, 0.25) is 0 Å². The number of nitrogens with one attached hydrogen (secondary N) is 2. The zero-order chi connectivity index (χ0) is 15.8. The van der Waals surface area contributed by atoms with Crippen molar-refractivity contribution in [3.05, 3.63) is 65.5 Å². The highest BCUT2D eigenvalue weighted by atomic mass is 19.1. The second kappa shape index (κ2) is 8.29. The van der Waals surface area contributed by atoms with Gasteiger partial charge in [-0.3, -0.25) is 4.79 Å². The molecule has 0 bridgehead atoms. The van der Waals surface area contributed by atoms with Gasteiger partial charge >= 0.3 is 0 Å². The number of anilines is 1. The van der Waals surface area contributed by atoms with E-state index in [1.165, 1.54) is 12.1 Å². The van der Waals surface area contributed by atoms with Crippen molar-refractivity contribution in [1.82, 2.24) is 5.32 Å². The molecule has 0 aliphatic carbocycles. The average molecular weight is 300 g/mol. The summed E-state index contributed by atoms with van der Waals surface area (Å²) in [5.41, 5.74) is 2.90. The maximum atomic E-state index is 12.8. The number of benzene rings is 2. The van der Waals surface area contributed by atoms with Gasteiger partial charge in [0.1, 0.15) is 5.82 Å². The van der Waals surface area contributed by atoms with Crippen LogP contribution in [0.4, 0.5) is 10.1 Å². The topological polar surface area (TPSA) is 41.1 Å². The third-order valence-corrected chi connectivity index (χ3v) is 3.34. The molecule has 0 radical (unpaired) electrons. The predicted molar refractivity (Wildman–Crippen MR) is 87.2 cm³/mol.